The molecule has 1 aromatic carbocycles. The molecule has 0 saturated carbocycles. The van der Waals surface area contributed by atoms with Gasteiger partial charge in [-0.3, -0.25) is 0 Å². The van der Waals surface area contributed by atoms with Crippen molar-refractivity contribution in [3.63, 3.8) is 0 Å². The second-order valence-corrected chi connectivity index (χ2v) is 6.83. The molecule has 1 aromatic rings. The molecule has 0 aliphatic rings. The van der Waals surface area contributed by atoms with E-state index in [1.807, 2.05) is 11.8 Å². The average Bonchev–Trinajstić information content (AvgIpc) is 2.40. The maximum Gasteiger partial charge on any atom is 0.0441 e. The summed E-state index contributed by atoms with van der Waals surface area (Å²) in [4.78, 5) is 0. The lowest BCUT2D eigenvalue weighted by Crippen LogP contribution is -2.30. The lowest BCUT2D eigenvalue weighted by atomic mass is 10.0. The molecule has 3 heteroatoms. The molecule has 0 bridgehead atoms. The molecule has 0 fully saturated rings. The number of aliphatic hydroxyl groups is 1. The first-order chi connectivity index (χ1) is 9.19. The van der Waals surface area contributed by atoms with E-state index in [4.69, 9.17) is 5.11 Å². The lowest BCUT2D eigenvalue weighted by Gasteiger charge is -2.27. The zero-order valence-corrected chi connectivity index (χ0v) is 13.1. The largest absolute Gasteiger partial charge is 0.396 e. The van der Waals surface area contributed by atoms with Crippen molar-refractivity contribution in [2.24, 2.45) is 0 Å². The van der Waals surface area contributed by atoms with Gasteiger partial charge in [0.2, 0.25) is 0 Å². The van der Waals surface area contributed by atoms with Gasteiger partial charge in [0.1, 0.15) is 0 Å². The Morgan fingerprint density at radius 3 is 2.47 bits per heavy atom. The third-order valence-electron chi connectivity index (χ3n) is 3.22. The van der Waals surface area contributed by atoms with Crippen LogP contribution in [0.2, 0.25) is 0 Å². The summed E-state index contributed by atoms with van der Waals surface area (Å²) in [5.74, 6) is 0. The first kappa shape index (κ1) is 16.5. The minimum atomic E-state index is 0.277. The van der Waals surface area contributed by atoms with E-state index in [0.29, 0.717) is 16.5 Å². The Morgan fingerprint density at radius 2 is 1.89 bits per heavy atom. The van der Waals surface area contributed by atoms with Crippen LogP contribution in [0.5, 0.6) is 0 Å². The molecule has 1 rings (SSSR count). The molecule has 19 heavy (non-hydrogen) atoms. The van der Waals surface area contributed by atoms with Gasteiger partial charge in [-0.1, -0.05) is 51.1 Å². The second-order valence-electron chi connectivity index (χ2n) is 5.01. The van der Waals surface area contributed by atoms with Gasteiger partial charge in [-0.2, -0.15) is 11.8 Å². The molecule has 0 heterocycles. The highest BCUT2D eigenvalue weighted by Gasteiger charge is 2.20. The van der Waals surface area contributed by atoms with E-state index in [1.54, 1.807) is 0 Å². The van der Waals surface area contributed by atoms with Gasteiger partial charge in [0.25, 0.3) is 0 Å². The highest BCUT2D eigenvalue weighted by Crippen LogP contribution is 2.30. The Bertz CT molecular complexity index is 331. The zero-order chi connectivity index (χ0) is 14.1. The summed E-state index contributed by atoms with van der Waals surface area (Å²) in [7, 11) is 0. The molecule has 0 amide bonds. The minimum absolute atomic E-state index is 0.277. The molecule has 108 valence electrons. The van der Waals surface area contributed by atoms with Crippen molar-refractivity contribution in [3.05, 3.63) is 35.9 Å². The Balaban J connectivity index is 2.67. The lowest BCUT2D eigenvalue weighted by molar-refractivity contribution is 0.288. The van der Waals surface area contributed by atoms with Crippen LogP contribution >= 0.6 is 11.8 Å². The molecule has 0 aromatic heterocycles. The molecule has 3 unspecified atom stereocenters. The summed E-state index contributed by atoms with van der Waals surface area (Å²) >= 11 is 1.96. The number of thioether (sulfide) groups is 1. The van der Waals surface area contributed by atoms with Crippen LogP contribution in [0.25, 0.3) is 0 Å². The molecule has 0 radical (unpaired) electrons. The quantitative estimate of drug-likeness (QED) is 0.725. The fourth-order valence-electron chi connectivity index (χ4n) is 2.21. The van der Waals surface area contributed by atoms with Crippen LogP contribution in [0.1, 0.15) is 45.2 Å². The van der Waals surface area contributed by atoms with E-state index < -0.39 is 0 Å². The standard InChI is InChI=1S/C16H27NOS/c1-4-11-17-16(15-8-6-5-7-9-15)14(3)19-13(2)10-12-18/h5-9,13-14,16-18H,4,10-12H2,1-3H3. The molecule has 0 aliphatic heterocycles. The van der Waals surface area contributed by atoms with Gasteiger partial charge in [-0.25, -0.2) is 0 Å². The van der Waals surface area contributed by atoms with Gasteiger partial charge in [-0.15, -0.1) is 0 Å². The van der Waals surface area contributed by atoms with Gasteiger partial charge < -0.3 is 10.4 Å². The van der Waals surface area contributed by atoms with Crippen LogP contribution in [0.15, 0.2) is 30.3 Å². The van der Waals surface area contributed by atoms with Crippen molar-refractivity contribution in [1.82, 2.24) is 5.32 Å². The summed E-state index contributed by atoms with van der Waals surface area (Å²) in [6, 6.07) is 11.0. The smallest absolute Gasteiger partial charge is 0.0441 e. The average molecular weight is 281 g/mol. The van der Waals surface area contributed by atoms with Crippen LogP contribution in [0, 0.1) is 0 Å². The predicted octanol–water partition coefficient (Wildman–Crippen LogP) is 3.62. The summed E-state index contributed by atoms with van der Waals surface area (Å²) in [6.45, 7) is 7.98. The maximum atomic E-state index is 9.02. The molecule has 2 N–H and O–H groups in total. The monoisotopic (exact) mass is 281 g/mol. The van der Waals surface area contributed by atoms with Crippen molar-refractivity contribution >= 4 is 11.8 Å². The van der Waals surface area contributed by atoms with Crippen LogP contribution < -0.4 is 5.32 Å². The first-order valence-corrected chi connectivity index (χ1v) is 8.18. The van der Waals surface area contributed by atoms with Crippen molar-refractivity contribution in [2.75, 3.05) is 13.2 Å². The molecule has 0 saturated heterocycles. The maximum absolute atomic E-state index is 9.02. The summed E-state index contributed by atoms with van der Waals surface area (Å²) in [5.41, 5.74) is 1.35. The van der Waals surface area contributed by atoms with Gasteiger partial charge in [0.05, 0.1) is 0 Å². The van der Waals surface area contributed by atoms with Crippen LogP contribution in [-0.4, -0.2) is 28.8 Å². The second kappa shape index (κ2) is 9.40. The van der Waals surface area contributed by atoms with E-state index in [-0.39, 0.29) is 6.61 Å². The molecule has 2 nitrogen and oxygen atoms in total. The number of nitrogens with one attached hydrogen (secondary N) is 1. The van der Waals surface area contributed by atoms with E-state index >= 15 is 0 Å². The van der Waals surface area contributed by atoms with E-state index in [9.17, 15) is 0 Å². The summed E-state index contributed by atoms with van der Waals surface area (Å²) < 4.78 is 0. The fourth-order valence-corrected chi connectivity index (χ4v) is 3.59. The highest BCUT2D eigenvalue weighted by molar-refractivity contribution is 8.00. The van der Waals surface area contributed by atoms with E-state index in [2.05, 4.69) is 56.4 Å². The van der Waals surface area contributed by atoms with Crippen molar-refractivity contribution < 1.29 is 5.11 Å². The normalized spacial score (nSPS) is 16.0. The first-order valence-electron chi connectivity index (χ1n) is 7.23. The fraction of sp³-hybridized carbons (Fsp3) is 0.625. The third-order valence-corrected chi connectivity index (χ3v) is 4.63. The van der Waals surface area contributed by atoms with Crippen molar-refractivity contribution in [3.8, 4) is 0 Å². The van der Waals surface area contributed by atoms with Gasteiger partial charge in [0.15, 0.2) is 0 Å². The van der Waals surface area contributed by atoms with Crippen molar-refractivity contribution in [1.29, 1.82) is 0 Å². The Labute approximate surface area is 122 Å². The molecular formula is C16H27NOS. The SMILES string of the molecule is CCCNC(c1ccccc1)C(C)SC(C)CCO. The Hall–Kier alpha value is -0.510. The van der Waals surface area contributed by atoms with Crippen molar-refractivity contribution in [2.45, 2.75) is 50.2 Å². The highest BCUT2D eigenvalue weighted by atomic mass is 32.2. The third kappa shape index (κ3) is 5.98. The topological polar surface area (TPSA) is 32.3 Å². The predicted molar refractivity (Wildman–Crippen MR) is 85.7 cm³/mol. The van der Waals surface area contributed by atoms with Gasteiger partial charge in [0, 0.05) is 23.1 Å². The minimum Gasteiger partial charge on any atom is -0.396 e. The van der Waals surface area contributed by atoms with Crippen LogP contribution in [-0.2, 0) is 0 Å². The van der Waals surface area contributed by atoms with Gasteiger partial charge >= 0.3 is 0 Å². The van der Waals surface area contributed by atoms with Crippen LogP contribution in [0.3, 0.4) is 0 Å². The Morgan fingerprint density at radius 1 is 1.21 bits per heavy atom. The summed E-state index contributed by atoms with van der Waals surface area (Å²) in [5, 5.41) is 13.7. The van der Waals surface area contributed by atoms with E-state index in [1.165, 1.54) is 5.56 Å². The van der Waals surface area contributed by atoms with Gasteiger partial charge in [-0.05, 0) is 24.9 Å². The number of rotatable bonds is 9. The molecule has 0 aliphatic carbocycles. The van der Waals surface area contributed by atoms with Crippen LogP contribution in [0.4, 0.5) is 0 Å². The molecule has 0 spiro atoms. The molecule has 3 atom stereocenters. The number of hydrogen-bond acceptors (Lipinski definition) is 3. The number of hydrogen-bond donors (Lipinski definition) is 2. The van der Waals surface area contributed by atoms with E-state index in [0.717, 1.165) is 19.4 Å². The zero-order valence-electron chi connectivity index (χ0n) is 12.3. The number of benzene rings is 1. The molecular weight excluding hydrogens is 254 g/mol. The summed E-state index contributed by atoms with van der Waals surface area (Å²) in [6.07, 6.45) is 2.01. The Kier molecular flexibility index (Phi) is 8.19. The number of aliphatic hydroxyl groups excluding tert-OH is 1.